The largest absolute Gasteiger partial charge is 0.399 e. The molecule has 1 aromatic heterocycles. The van der Waals surface area contributed by atoms with E-state index in [-0.39, 0.29) is 30.8 Å². The third-order valence-corrected chi connectivity index (χ3v) is 3.64. The topological polar surface area (TPSA) is 84.5 Å². The van der Waals surface area contributed by atoms with Crippen molar-refractivity contribution in [3.05, 3.63) is 42.2 Å². The van der Waals surface area contributed by atoms with Gasteiger partial charge in [-0.1, -0.05) is 6.07 Å². The first-order chi connectivity index (χ1) is 10.5. The van der Waals surface area contributed by atoms with Crippen molar-refractivity contribution in [1.82, 2.24) is 14.7 Å². The van der Waals surface area contributed by atoms with Gasteiger partial charge in [-0.3, -0.25) is 14.3 Å². The van der Waals surface area contributed by atoms with Gasteiger partial charge in [-0.25, -0.2) is 0 Å². The Morgan fingerprint density at radius 3 is 2.70 bits per heavy atom. The average molecular weight is 336 g/mol. The lowest BCUT2D eigenvalue weighted by atomic mass is 10.1. The molecule has 0 unspecified atom stereocenters. The van der Waals surface area contributed by atoms with E-state index in [1.54, 1.807) is 58.2 Å². The molecule has 0 atom stereocenters. The lowest BCUT2D eigenvalue weighted by Crippen LogP contribution is -2.52. The molecule has 2 amide bonds. The molecule has 2 aromatic rings. The second kappa shape index (κ2) is 6.70. The van der Waals surface area contributed by atoms with E-state index in [0.29, 0.717) is 24.3 Å². The summed E-state index contributed by atoms with van der Waals surface area (Å²) in [5.41, 5.74) is 7.49. The van der Waals surface area contributed by atoms with Crippen LogP contribution < -0.4 is 10.6 Å². The summed E-state index contributed by atoms with van der Waals surface area (Å²) < 4.78 is 1.65. The van der Waals surface area contributed by atoms with Crippen molar-refractivity contribution in [2.45, 2.75) is 0 Å². The molecule has 0 saturated carbocycles. The van der Waals surface area contributed by atoms with Crippen molar-refractivity contribution >= 4 is 35.6 Å². The van der Waals surface area contributed by atoms with Crippen LogP contribution in [-0.2, 0) is 11.8 Å². The maximum Gasteiger partial charge on any atom is 0.254 e. The van der Waals surface area contributed by atoms with Crippen molar-refractivity contribution in [2.24, 2.45) is 7.05 Å². The van der Waals surface area contributed by atoms with E-state index in [9.17, 15) is 9.59 Å². The Kier molecular flexibility index (Phi) is 4.90. The Bertz CT molecular complexity index is 730. The number of anilines is 2. The third-order valence-electron chi connectivity index (χ3n) is 3.64. The van der Waals surface area contributed by atoms with Crippen LogP contribution in [0.4, 0.5) is 11.4 Å². The van der Waals surface area contributed by atoms with Gasteiger partial charge >= 0.3 is 0 Å². The minimum atomic E-state index is -0.175. The average Bonchev–Trinajstić information content (AvgIpc) is 2.92. The molecule has 1 fully saturated rings. The number of amides is 2. The van der Waals surface area contributed by atoms with Crippen molar-refractivity contribution < 1.29 is 9.59 Å². The highest BCUT2D eigenvalue weighted by molar-refractivity contribution is 6.01. The summed E-state index contributed by atoms with van der Waals surface area (Å²) in [4.78, 5) is 27.9. The summed E-state index contributed by atoms with van der Waals surface area (Å²) in [6.45, 7) is 0.995. The summed E-state index contributed by atoms with van der Waals surface area (Å²) in [6, 6.07) is 6.79. The Morgan fingerprint density at radius 1 is 1.30 bits per heavy atom. The van der Waals surface area contributed by atoms with Gasteiger partial charge in [0.2, 0.25) is 5.91 Å². The summed E-state index contributed by atoms with van der Waals surface area (Å²) in [5, 5.41) is 4.07. The first kappa shape index (κ1) is 16.8. The zero-order valence-electron chi connectivity index (χ0n) is 12.7. The van der Waals surface area contributed by atoms with E-state index < -0.39 is 0 Å². The number of hydrogen-bond acceptors (Lipinski definition) is 4. The number of halogens is 1. The smallest absolute Gasteiger partial charge is 0.254 e. The fraction of sp³-hybridized carbons (Fsp3) is 0.267. The van der Waals surface area contributed by atoms with Gasteiger partial charge in [0.05, 0.1) is 11.9 Å². The zero-order chi connectivity index (χ0) is 15.7. The summed E-state index contributed by atoms with van der Waals surface area (Å²) >= 11 is 0. The van der Waals surface area contributed by atoms with Crippen LogP contribution in [0.3, 0.4) is 0 Å². The highest BCUT2D eigenvalue weighted by atomic mass is 35.5. The second-order valence-corrected chi connectivity index (χ2v) is 5.27. The van der Waals surface area contributed by atoms with Crippen LogP contribution >= 0.6 is 12.4 Å². The van der Waals surface area contributed by atoms with Crippen LogP contribution in [0.25, 0.3) is 0 Å². The summed E-state index contributed by atoms with van der Waals surface area (Å²) in [7, 11) is 1.80. The van der Waals surface area contributed by atoms with Crippen LogP contribution in [-0.4, -0.2) is 46.1 Å². The number of nitrogens with two attached hydrogens (primary N) is 1. The molecule has 2 N–H and O–H groups in total. The monoisotopic (exact) mass is 335 g/mol. The van der Waals surface area contributed by atoms with Gasteiger partial charge in [-0.05, 0) is 18.2 Å². The maximum absolute atomic E-state index is 12.4. The fourth-order valence-corrected chi connectivity index (χ4v) is 2.52. The number of piperazine rings is 1. The molecule has 8 heteroatoms. The highest BCUT2D eigenvalue weighted by Gasteiger charge is 2.29. The third kappa shape index (κ3) is 3.45. The molecule has 0 radical (unpaired) electrons. The van der Waals surface area contributed by atoms with Crippen LogP contribution in [0.2, 0.25) is 0 Å². The highest BCUT2D eigenvalue weighted by Crippen LogP contribution is 2.18. The van der Waals surface area contributed by atoms with Crippen molar-refractivity contribution in [3.63, 3.8) is 0 Å². The summed E-state index contributed by atoms with van der Waals surface area (Å²) in [5.74, 6) is -0.289. The molecule has 0 aliphatic carbocycles. The molecule has 2 heterocycles. The van der Waals surface area contributed by atoms with Crippen LogP contribution in [0.5, 0.6) is 0 Å². The minimum absolute atomic E-state index is 0. The number of aromatic nitrogens is 2. The van der Waals surface area contributed by atoms with Gasteiger partial charge in [0.15, 0.2) is 0 Å². The van der Waals surface area contributed by atoms with Crippen LogP contribution in [0, 0.1) is 0 Å². The van der Waals surface area contributed by atoms with E-state index >= 15 is 0 Å². The number of carbonyl (C=O) groups excluding carboxylic acids is 2. The molecular formula is C15H18ClN5O2. The quantitative estimate of drug-likeness (QED) is 0.827. The number of aryl methyl sites for hydroxylation is 1. The fourth-order valence-electron chi connectivity index (χ4n) is 2.52. The zero-order valence-corrected chi connectivity index (χ0v) is 13.5. The SMILES string of the molecule is Cl.Cn1cc(N2CCN(C(=O)c3cccc(N)c3)CC2=O)cn1. The predicted molar refractivity (Wildman–Crippen MR) is 89.6 cm³/mol. The molecule has 0 spiro atoms. The molecule has 0 bridgehead atoms. The van der Waals surface area contributed by atoms with Gasteiger partial charge < -0.3 is 15.5 Å². The molecule has 7 nitrogen and oxygen atoms in total. The lowest BCUT2D eigenvalue weighted by molar-refractivity contribution is -0.120. The molecule has 23 heavy (non-hydrogen) atoms. The molecule has 1 aliphatic rings. The Hall–Kier alpha value is -2.54. The van der Waals surface area contributed by atoms with Gasteiger partial charge in [0.25, 0.3) is 5.91 Å². The van der Waals surface area contributed by atoms with E-state index in [4.69, 9.17) is 5.73 Å². The van der Waals surface area contributed by atoms with Crippen LogP contribution in [0.1, 0.15) is 10.4 Å². The van der Waals surface area contributed by atoms with Gasteiger partial charge in [0.1, 0.15) is 6.54 Å². The normalized spacial score (nSPS) is 14.6. The van der Waals surface area contributed by atoms with Gasteiger partial charge in [-0.15, -0.1) is 12.4 Å². The number of benzene rings is 1. The first-order valence-corrected chi connectivity index (χ1v) is 6.98. The Labute approximate surface area is 140 Å². The number of carbonyl (C=O) groups is 2. The minimum Gasteiger partial charge on any atom is -0.399 e. The van der Waals surface area contributed by atoms with E-state index in [1.807, 2.05) is 0 Å². The first-order valence-electron chi connectivity index (χ1n) is 6.98. The molecule has 1 aliphatic heterocycles. The van der Waals surface area contributed by atoms with E-state index in [2.05, 4.69) is 5.10 Å². The molecule has 122 valence electrons. The summed E-state index contributed by atoms with van der Waals surface area (Å²) in [6.07, 6.45) is 3.43. The molecule has 3 rings (SSSR count). The van der Waals surface area contributed by atoms with Crippen molar-refractivity contribution in [2.75, 3.05) is 30.3 Å². The van der Waals surface area contributed by atoms with E-state index in [1.165, 1.54) is 0 Å². The molecular weight excluding hydrogens is 318 g/mol. The van der Waals surface area contributed by atoms with Crippen molar-refractivity contribution in [3.8, 4) is 0 Å². The van der Waals surface area contributed by atoms with Gasteiger partial charge in [0, 0.05) is 37.6 Å². The van der Waals surface area contributed by atoms with Crippen LogP contribution in [0.15, 0.2) is 36.7 Å². The standard InChI is InChI=1S/C15H17N5O2.ClH/c1-18-9-13(8-17-18)20-6-5-19(10-14(20)21)15(22)11-3-2-4-12(16)7-11;/h2-4,7-9H,5-6,10,16H2,1H3;1H. The molecule has 1 aromatic carbocycles. The number of hydrogen-bond donors (Lipinski definition) is 1. The Balaban J connectivity index is 0.00000192. The molecule has 1 saturated heterocycles. The maximum atomic E-state index is 12.4. The van der Waals surface area contributed by atoms with Gasteiger partial charge in [-0.2, -0.15) is 5.10 Å². The van der Waals surface area contributed by atoms with E-state index in [0.717, 1.165) is 5.69 Å². The van der Waals surface area contributed by atoms with Crippen molar-refractivity contribution in [1.29, 1.82) is 0 Å². The number of nitrogens with zero attached hydrogens (tertiary/aromatic N) is 4. The second-order valence-electron chi connectivity index (χ2n) is 5.27. The number of nitrogen functional groups attached to an aromatic ring is 1. The Morgan fingerprint density at radius 2 is 2.09 bits per heavy atom. The predicted octanol–water partition coefficient (Wildman–Crippen LogP) is 0.913. The number of rotatable bonds is 2. The lowest BCUT2D eigenvalue weighted by Gasteiger charge is -2.33.